The zero-order valence-electron chi connectivity index (χ0n) is 12.1. The lowest BCUT2D eigenvalue weighted by atomic mass is 10.1. The molecule has 0 spiro atoms. The van der Waals surface area contributed by atoms with E-state index in [9.17, 15) is 8.42 Å². The van der Waals surface area contributed by atoms with Crippen LogP contribution in [0.25, 0.3) is 0 Å². The van der Waals surface area contributed by atoms with Crippen LogP contribution in [-0.2, 0) is 16.3 Å². The number of methoxy groups -OCH3 is 1. The molecule has 0 amide bonds. The first-order chi connectivity index (χ1) is 9.35. The molecule has 1 aromatic rings. The molecule has 1 N–H and O–H groups in total. The molecule has 20 heavy (non-hydrogen) atoms. The van der Waals surface area contributed by atoms with Crippen LogP contribution in [0.4, 0.5) is 0 Å². The Labute approximate surface area is 130 Å². The predicted molar refractivity (Wildman–Crippen MR) is 86.2 cm³/mol. The summed E-state index contributed by atoms with van der Waals surface area (Å²) in [6.07, 6.45) is 2.86. The summed E-state index contributed by atoms with van der Waals surface area (Å²) < 4.78 is 29.4. The SMILES string of the molecule is CCCNC(Cc1cc(Br)ccc1OC)CS(C)(=O)=O. The summed E-state index contributed by atoms with van der Waals surface area (Å²) in [5.41, 5.74) is 0.999. The van der Waals surface area contributed by atoms with Crippen molar-refractivity contribution in [2.45, 2.75) is 25.8 Å². The smallest absolute Gasteiger partial charge is 0.148 e. The van der Waals surface area contributed by atoms with Crippen molar-refractivity contribution in [2.75, 3.05) is 25.7 Å². The van der Waals surface area contributed by atoms with Crippen molar-refractivity contribution >= 4 is 25.8 Å². The molecule has 0 bridgehead atoms. The summed E-state index contributed by atoms with van der Waals surface area (Å²) in [4.78, 5) is 0. The second-order valence-electron chi connectivity index (χ2n) is 4.90. The molecule has 0 saturated carbocycles. The second kappa shape index (κ2) is 8.00. The minimum Gasteiger partial charge on any atom is -0.496 e. The van der Waals surface area contributed by atoms with Gasteiger partial charge in [-0.05, 0) is 43.1 Å². The van der Waals surface area contributed by atoms with Crippen LogP contribution in [-0.4, -0.2) is 40.1 Å². The first-order valence-corrected chi connectivity index (χ1v) is 9.44. The molecule has 0 saturated heterocycles. The van der Waals surface area contributed by atoms with Crippen LogP contribution >= 0.6 is 15.9 Å². The lowest BCUT2D eigenvalue weighted by molar-refractivity contribution is 0.406. The molecule has 0 aliphatic carbocycles. The fourth-order valence-corrected chi connectivity index (χ4v) is 3.45. The maximum absolute atomic E-state index is 11.5. The monoisotopic (exact) mass is 363 g/mol. The molecule has 0 fully saturated rings. The number of hydrogen-bond acceptors (Lipinski definition) is 4. The molecule has 0 aliphatic heterocycles. The first-order valence-electron chi connectivity index (χ1n) is 6.59. The molecule has 0 heterocycles. The highest BCUT2D eigenvalue weighted by molar-refractivity contribution is 9.10. The maximum Gasteiger partial charge on any atom is 0.148 e. The summed E-state index contributed by atoms with van der Waals surface area (Å²) in [7, 11) is -1.40. The summed E-state index contributed by atoms with van der Waals surface area (Å²) in [5.74, 6) is 0.910. The van der Waals surface area contributed by atoms with Gasteiger partial charge in [0.2, 0.25) is 0 Å². The van der Waals surface area contributed by atoms with E-state index in [0.29, 0.717) is 6.42 Å². The molecule has 1 atom stereocenters. The number of ether oxygens (including phenoxy) is 1. The van der Waals surface area contributed by atoms with E-state index in [1.807, 2.05) is 18.2 Å². The van der Waals surface area contributed by atoms with Crippen LogP contribution in [0.3, 0.4) is 0 Å². The van der Waals surface area contributed by atoms with E-state index in [1.165, 1.54) is 6.26 Å². The normalized spacial score (nSPS) is 13.2. The van der Waals surface area contributed by atoms with Crippen molar-refractivity contribution in [3.63, 3.8) is 0 Å². The van der Waals surface area contributed by atoms with Crippen molar-refractivity contribution in [2.24, 2.45) is 0 Å². The first kappa shape index (κ1) is 17.5. The Morgan fingerprint density at radius 2 is 2.10 bits per heavy atom. The van der Waals surface area contributed by atoms with Crippen LogP contribution in [0.5, 0.6) is 5.75 Å². The standard InChI is InChI=1S/C14H22BrNO3S/c1-4-7-16-13(10-20(3,17)18)9-11-8-12(15)5-6-14(11)19-2/h5-6,8,13,16H,4,7,9-10H2,1-3H3. The van der Waals surface area contributed by atoms with Crippen molar-refractivity contribution in [3.8, 4) is 5.75 Å². The van der Waals surface area contributed by atoms with Crippen LogP contribution in [0, 0.1) is 0 Å². The van der Waals surface area contributed by atoms with Gasteiger partial charge >= 0.3 is 0 Å². The Bertz CT molecular complexity index is 531. The topological polar surface area (TPSA) is 55.4 Å². The number of nitrogens with one attached hydrogen (secondary N) is 1. The van der Waals surface area contributed by atoms with Gasteiger partial charge in [-0.2, -0.15) is 0 Å². The van der Waals surface area contributed by atoms with Gasteiger partial charge in [-0.25, -0.2) is 8.42 Å². The summed E-state index contributed by atoms with van der Waals surface area (Å²) >= 11 is 3.44. The van der Waals surface area contributed by atoms with Crippen molar-refractivity contribution in [3.05, 3.63) is 28.2 Å². The summed E-state index contributed by atoms with van der Waals surface area (Å²) in [6.45, 7) is 2.86. The molecule has 1 unspecified atom stereocenters. The van der Waals surface area contributed by atoms with E-state index in [2.05, 4.69) is 28.2 Å². The molecule has 0 aliphatic rings. The van der Waals surface area contributed by atoms with Gasteiger partial charge in [-0.15, -0.1) is 0 Å². The van der Waals surface area contributed by atoms with Gasteiger partial charge in [0.1, 0.15) is 15.6 Å². The number of sulfone groups is 1. The molecule has 114 valence electrons. The minimum absolute atomic E-state index is 0.104. The van der Waals surface area contributed by atoms with Gasteiger partial charge in [0.05, 0.1) is 12.9 Å². The maximum atomic E-state index is 11.5. The lowest BCUT2D eigenvalue weighted by Gasteiger charge is -2.19. The number of hydrogen-bond donors (Lipinski definition) is 1. The van der Waals surface area contributed by atoms with E-state index in [1.54, 1.807) is 7.11 Å². The number of rotatable bonds is 8. The molecule has 0 aromatic heterocycles. The van der Waals surface area contributed by atoms with E-state index in [-0.39, 0.29) is 11.8 Å². The van der Waals surface area contributed by atoms with E-state index < -0.39 is 9.84 Å². The molecule has 0 radical (unpaired) electrons. The Balaban J connectivity index is 2.90. The number of benzene rings is 1. The van der Waals surface area contributed by atoms with Gasteiger partial charge < -0.3 is 10.1 Å². The van der Waals surface area contributed by atoms with Crippen LogP contribution in [0.2, 0.25) is 0 Å². The van der Waals surface area contributed by atoms with Gasteiger partial charge in [0.15, 0.2) is 0 Å². The van der Waals surface area contributed by atoms with Gasteiger partial charge in [0.25, 0.3) is 0 Å². The minimum atomic E-state index is -3.02. The quantitative estimate of drug-likeness (QED) is 0.770. The third-order valence-corrected chi connectivity index (χ3v) is 4.40. The second-order valence-corrected chi connectivity index (χ2v) is 8.00. The molecule has 1 rings (SSSR count). The van der Waals surface area contributed by atoms with E-state index in [0.717, 1.165) is 28.8 Å². The third-order valence-electron chi connectivity index (χ3n) is 2.90. The van der Waals surface area contributed by atoms with Crippen molar-refractivity contribution < 1.29 is 13.2 Å². The highest BCUT2D eigenvalue weighted by atomic mass is 79.9. The molecule has 1 aromatic carbocycles. The van der Waals surface area contributed by atoms with Gasteiger partial charge in [-0.3, -0.25) is 0 Å². The third kappa shape index (κ3) is 6.24. The average Bonchev–Trinajstić information content (AvgIpc) is 2.34. The molecule has 6 heteroatoms. The predicted octanol–water partition coefficient (Wildman–Crippen LogP) is 2.41. The van der Waals surface area contributed by atoms with E-state index in [4.69, 9.17) is 4.74 Å². The largest absolute Gasteiger partial charge is 0.496 e. The highest BCUT2D eigenvalue weighted by Crippen LogP contribution is 2.24. The Morgan fingerprint density at radius 1 is 1.40 bits per heavy atom. The van der Waals surface area contributed by atoms with Crippen molar-refractivity contribution in [1.29, 1.82) is 0 Å². The van der Waals surface area contributed by atoms with Crippen molar-refractivity contribution in [1.82, 2.24) is 5.32 Å². The average molecular weight is 364 g/mol. The zero-order chi connectivity index (χ0) is 15.2. The summed E-state index contributed by atoms with van der Waals surface area (Å²) in [5, 5.41) is 3.30. The fourth-order valence-electron chi connectivity index (χ4n) is 2.08. The van der Waals surface area contributed by atoms with Crippen LogP contribution in [0.1, 0.15) is 18.9 Å². The lowest BCUT2D eigenvalue weighted by Crippen LogP contribution is -2.37. The zero-order valence-corrected chi connectivity index (χ0v) is 14.6. The highest BCUT2D eigenvalue weighted by Gasteiger charge is 2.17. The van der Waals surface area contributed by atoms with Gasteiger partial charge in [0, 0.05) is 16.8 Å². The van der Waals surface area contributed by atoms with E-state index >= 15 is 0 Å². The van der Waals surface area contributed by atoms with Gasteiger partial charge in [-0.1, -0.05) is 22.9 Å². The Hall–Kier alpha value is -0.590. The van der Waals surface area contributed by atoms with Crippen LogP contribution in [0.15, 0.2) is 22.7 Å². The molecular formula is C14H22BrNO3S. The number of halogens is 1. The molecular weight excluding hydrogens is 342 g/mol. The summed E-state index contributed by atoms with van der Waals surface area (Å²) in [6, 6.07) is 5.67. The van der Waals surface area contributed by atoms with Crippen LogP contribution < -0.4 is 10.1 Å². The Morgan fingerprint density at radius 3 is 2.65 bits per heavy atom. The Kier molecular flexibility index (Phi) is 6.99. The molecule has 4 nitrogen and oxygen atoms in total. The fraction of sp³-hybridized carbons (Fsp3) is 0.571.